The molecule has 1 aromatic heterocycles. The number of nitrogen functional groups attached to an aromatic ring is 1. The quantitative estimate of drug-likeness (QED) is 0.879. The van der Waals surface area contributed by atoms with Crippen LogP contribution >= 0.6 is 0 Å². The lowest BCUT2D eigenvalue weighted by Gasteiger charge is -2.26. The van der Waals surface area contributed by atoms with Gasteiger partial charge in [-0.1, -0.05) is 11.6 Å². The van der Waals surface area contributed by atoms with Crippen molar-refractivity contribution in [3.8, 4) is 5.88 Å². The molecule has 1 aliphatic heterocycles. The van der Waals surface area contributed by atoms with E-state index in [9.17, 15) is 0 Å². The molecule has 0 saturated heterocycles. The molecule has 0 spiro atoms. The van der Waals surface area contributed by atoms with Crippen LogP contribution in [0.1, 0.15) is 6.42 Å². The molecule has 4 rings (SSSR count). The minimum absolute atomic E-state index is 0.101. The third-order valence-corrected chi connectivity index (χ3v) is 3.68. The first-order chi connectivity index (χ1) is 9.31. The molecule has 0 bridgehead atoms. The topological polar surface area (TPSA) is 57.4 Å². The molecule has 0 amide bonds. The highest BCUT2D eigenvalue weighted by Gasteiger charge is 2.42. The fourth-order valence-electron chi connectivity index (χ4n) is 2.61. The number of hydrogen-bond donors (Lipinski definition) is 1. The van der Waals surface area contributed by atoms with Gasteiger partial charge in [0.1, 0.15) is 11.9 Å². The monoisotopic (exact) mass is 254 g/mol. The van der Waals surface area contributed by atoms with Crippen molar-refractivity contribution in [3.63, 3.8) is 0 Å². The van der Waals surface area contributed by atoms with Crippen molar-refractivity contribution in [2.24, 2.45) is 5.92 Å². The van der Waals surface area contributed by atoms with Gasteiger partial charge in [-0.05, 0) is 24.6 Å². The number of ether oxygens (including phenoxy) is 2. The summed E-state index contributed by atoms with van der Waals surface area (Å²) >= 11 is 0. The number of aromatic nitrogens is 1. The second kappa shape index (κ2) is 3.88. The summed E-state index contributed by atoms with van der Waals surface area (Å²) < 4.78 is 11.7. The van der Waals surface area contributed by atoms with Crippen LogP contribution in [-0.4, -0.2) is 17.7 Å². The van der Waals surface area contributed by atoms with Gasteiger partial charge < -0.3 is 15.2 Å². The van der Waals surface area contributed by atoms with Gasteiger partial charge in [-0.15, -0.1) is 0 Å². The number of nitrogens with two attached hydrogens (primary N) is 1. The van der Waals surface area contributed by atoms with Crippen molar-refractivity contribution in [1.82, 2.24) is 4.98 Å². The maximum absolute atomic E-state index is 5.94. The molecule has 96 valence electrons. The Labute approximate surface area is 111 Å². The first kappa shape index (κ1) is 10.7. The molecular weight excluding hydrogens is 240 g/mol. The van der Waals surface area contributed by atoms with Gasteiger partial charge in [0.2, 0.25) is 5.88 Å². The first-order valence-corrected chi connectivity index (χ1v) is 6.44. The van der Waals surface area contributed by atoms with Crippen LogP contribution in [0.5, 0.6) is 5.88 Å². The van der Waals surface area contributed by atoms with Gasteiger partial charge in [-0.25, -0.2) is 4.98 Å². The predicted octanol–water partition coefficient (Wildman–Crippen LogP) is 2.21. The highest BCUT2D eigenvalue weighted by Crippen LogP contribution is 2.48. The average molecular weight is 254 g/mol. The molecule has 19 heavy (non-hydrogen) atoms. The normalized spacial score (nSPS) is 27.1. The van der Waals surface area contributed by atoms with Crippen LogP contribution in [0, 0.1) is 5.92 Å². The minimum atomic E-state index is -0.101. The Balaban J connectivity index is 1.63. The van der Waals surface area contributed by atoms with Gasteiger partial charge in [0.25, 0.3) is 0 Å². The number of allylic oxidation sites excluding steroid dienone is 2. The van der Waals surface area contributed by atoms with E-state index >= 15 is 0 Å². The average Bonchev–Trinajstić information content (AvgIpc) is 3.21. The lowest BCUT2D eigenvalue weighted by atomic mass is 9.99. The van der Waals surface area contributed by atoms with Crippen molar-refractivity contribution in [2.45, 2.75) is 12.5 Å². The van der Waals surface area contributed by atoms with E-state index in [1.165, 1.54) is 11.1 Å². The van der Waals surface area contributed by atoms with E-state index < -0.39 is 0 Å². The highest BCUT2D eigenvalue weighted by atomic mass is 16.5. The van der Waals surface area contributed by atoms with Crippen molar-refractivity contribution in [2.75, 3.05) is 12.3 Å². The van der Waals surface area contributed by atoms with Gasteiger partial charge in [-0.3, -0.25) is 0 Å². The predicted molar refractivity (Wildman–Crippen MR) is 71.4 cm³/mol. The van der Waals surface area contributed by atoms with E-state index in [1.807, 2.05) is 18.2 Å². The van der Waals surface area contributed by atoms with Gasteiger partial charge in [0, 0.05) is 17.6 Å². The Morgan fingerprint density at radius 3 is 3.16 bits per heavy atom. The summed E-state index contributed by atoms with van der Waals surface area (Å²) in [5.74, 6) is 2.14. The molecule has 4 heteroatoms. The van der Waals surface area contributed by atoms with Crippen molar-refractivity contribution in [3.05, 3.63) is 53.5 Å². The number of pyridine rings is 1. The van der Waals surface area contributed by atoms with E-state index in [0.717, 1.165) is 18.8 Å². The summed E-state index contributed by atoms with van der Waals surface area (Å²) in [6.07, 6.45) is 8.66. The molecule has 4 nitrogen and oxygen atoms in total. The van der Waals surface area contributed by atoms with E-state index in [1.54, 1.807) is 18.3 Å². The van der Waals surface area contributed by atoms with E-state index in [-0.39, 0.29) is 6.10 Å². The Kier molecular flexibility index (Phi) is 2.18. The van der Waals surface area contributed by atoms with Crippen LogP contribution in [-0.2, 0) is 4.74 Å². The van der Waals surface area contributed by atoms with Crippen LogP contribution in [0.25, 0.3) is 0 Å². The summed E-state index contributed by atoms with van der Waals surface area (Å²) in [6, 6.07) is 3.58. The largest absolute Gasteiger partial charge is 0.493 e. The zero-order valence-electron chi connectivity index (χ0n) is 10.4. The van der Waals surface area contributed by atoms with Crippen LogP contribution in [0.15, 0.2) is 53.5 Å². The molecule has 2 aliphatic carbocycles. The molecule has 0 aromatic carbocycles. The second-order valence-corrected chi connectivity index (χ2v) is 5.04. The lowest BCUT2D eigenvalue weighted by molar-refractivity contribution is 0.180. The third kappa shape index (κ3) is 1.80. The first-order valence-electron chi connectivity index (χ1n) is 6.44. The maximum Gasteiger partial charge on any atom is 0.214 e. The number of hydrogen-bond acceptors (Lipinski definition) is 4. The summed E-state index contributed by atoms with van der Waals surface area (Å²) in [5, 5.41) is 0. The number of fused-ring (bicyclic) bond motifs is 2. The summed E-state index contributed by atoms with van der Waals surface area (Å²) in [6.45, 7) is 0.811. The van der Waals surface area contributed by atoms with Crippen LogP contribution in [0.2, 0.25) is 0 Å². The van der Waals surface area contributed by atoms with Crippen molar-refractivity contribution in [1.29, 1.82) is 0 Å². The molecule has 2 N–H and O–H groups in total. The van der Waals surface area contributed by atoms with E-state index in [4.69, 9.17) is 15.2 Å². The minimum Gasteiger partial charge on any atom is -0.493 e. The van der Waals surface area contributed by atoms with Gasteiger partial charge in [0.05, 0.1) is 18.5 Å². The van der Waals surface area contributed by atoms with Crippen molar-refractivity contribution < 1.29 is 9.47 Å². The summed E-state index contributed by atoms with van der Waals surface area (Å²) in [5.41, 5.74) is 8.93. The molecule has 1 fully saturated rings. The molecule has 2 heterocycles. The zero-order valence-corrected chi connectivity index (χ0v) is 10.4. The molecule has 3 aliphatic rings. The summed E-state index contributed by atoms with van der Waals surface area (Å²) in [7, 11) is 0. The number of rotatable bonds is 2. The Bertz CT molecular complexity index is 614. The van der Waals surface area contributed by atoms with Crippen LogP contribution < -0.4 is 10.5 Å². The zero-order chi connectivity index (χ0) is 12.8. The number of anilines is 1. The SMILES string of the molecule is Nc1ccc(OC2C=CC=C3OCC4CC4=C32)nc1. The molecule has 0 radical (unpaired) electrons. The molecular formula is C15H14N2O2. The Morgan fingerprint density at radius 2 is 2.32 bits per heavy atom. The smallest absolute Gasteiger partial charge is 0.214 e. The molecule has 2 unspecified atom stereocenters. The van der Waals surface area contributed by atoms with Crippen LogP contribution in [0.3, 0.4) is 0 Å². The Morgan fingerprint density at radius 1 is 1.37 bits per heavy atom. The summed E-state index contributed by atoms with van der Waals surface area (Å²) in [4.78, 5) is 4.18. The van der Waals surface area contributed by atoms with Crippen LogP contribution in [0.4, 0.5) is 5.69 Å². The van der Waals surface area contributed by atoms with Gasteiger partial charge in [-0.2, -0.15) is 0 Å². The van der Waals surface area contributed by atoms with Gasteiger partial charge in [0.15, 0.2) is 0 Å². The fourth-order valence-corrected chi connectivity index (χ4v) is 2.61. The lowest BCUT2D eigenvalue weighted by Crippen LogP contribution is -2.24. The molecule has 1 saturated carbocycles. The standard InChI is InChI=1S/C15H14N2O2/c16-10-4-5-14(17-7-10)19-13-3-1-2-12-15(13)11-6-9(11)8-18-12/h1-5,7,9,13H,6,8,16H2. The molecule has 1 aromatic rings. The second-order valence-electron chi connectivity index (χ2n) is 5.04. The third-order valence-electron chi connectivity index (χ3n) is 3.68. The maximum atomic E-state index is 5.94. The molecule has 2 atom stereocenters. The number of nitrogens with zero attached hydrogens (tertiary/aromatic N) is 1. The van der Waals surface area contributed by atoms with Gasteiger partial charge >= 0.3 is 0 Å². The Hall–Kier alpha value is -2.23. The van der Waals surface area contributed by atoms with Crippen molar-refractivity contribution >= 4 is 5.69 Å². The fraction of sp³-hybridized carbons (Fsp3) is 0.267. The van der Waals surface area contributed by atoms with E-state index in [2.05, 4.69) is 4.98 Å². The highest BCUT2D eigenvalue weighted by molar-refractivity contribution is 5.51. The van der Waals surface area contributed by atoms with E-state index in [0.29, 0.717) is 17.5 Å².